The lowest BCUT2D eigenvalue weighted by Crippen LogP contribution is -2.23. The summed E-state index contributed by atoms with van der Waals surface area (Å²) >= 11 is 0. The zero-order chi connectivity index (χ0) is 24.7. The van der Waals surface area contributed by atoms with Crippen molar-refractivity contribution in [2.24, 2.45) is 0 Å². The summed E-state index contributed by atoms with van der Waals surface area (Å²) in [7, 11) is 0. The Morgan fingerprint density at radius 1 is 1.20 bits per heavy atom. The maximum absolute atomic E-state index is 14.6. The number of hydrogen-bond acceptors (Lipinski definition) is 5. The fourth-order valence-corrected chi connectivity index (χ4v) is 4.80. The number of amides is 1. The van der Waals surface area contributed by atoms with Crippen LogP contribution in [0.4, 0.5) is 10.2 Å². The largest absolute Gasteiger partial charge is 0.380 e. The predicted octanol–water partition coefficient (Wildman–Crippen LogP) is 3.84. The number of fused-ring (bicyclic) bond motifs is 1. The third-order valence-electron chi connectivity index (χ3n) is 6.71. The molecule has 2 aromatic heterocycles. The van der Waals surface area contributed by atoms with Gasteiger partial charge in [0.15, 0.2) is 5.82 Å². The van der Waals surface area contributed by atoms with Crippen LogP contribution in [-0.2, 0) is 6.54 Å². The summed E-state index contributed by atoms with van der Waals surface area (Å²) in [6, 6.07) is 13.2. The number of benzene rings is 2. The first-order valence-electron chi connectivity index (χ1n) is 11.7. The quantitative estimate of drug-likeness (QED) is 0.406. The van der Waals surface area contributed by atoms with Crippen LogP contribution >= 0.6 is 0 Å². The molecule has 0 spiro atoms. The van der Waals surface area contributed by atoms with Crippen molar-refractivity contribution in [2.75, 3.05) is 5.73 Å². The van der Waals surface area contributed by atoms with Gasteiger partial charge < -0.3 is 11.1 Å². The van der Waals surface area contributed by atoms with Gasteiger partial charge in [-0.1, -0.05) is 29.8 Å². The first kappa shape index (κ1) is 22.8. The number of nitrogen functional groups attached to an aromatic ring is 1. The van der Waals surface area contributed by atoms with Crippen LogP contribution in [0.5, 0.6) is 0 Å². The Labute approximate surface area is 201 Å². The van der Waals surface area contributed by atoms with Gasteiger partial charge in [0.05, 0.1) is 16.8 Å². The molecule has 0 bridgehead atoms. The smallest absolute Gasteiger partial charge is 0.275 e. The zero-order valence-corrected chi connectivity index (χ0v) is 19.6. The summed E-state index contributed by atoms with van der Waals surface area (Å²) in [6.07, 6.45) is 0.799. The van der Waals surface area contributed by atoms with Crippen LogP contribution in [0.25, 0.3) is 16.6 Å². The minimum absolute atomic E-state index is 0.122. The van der Waals surface area contributed by atoms with Crippen molar-refractivity contribution in [3.63, 3.8) is 0 Å². The maximum atomic E-state index is 14.6. The lowest BCUT2D eigenvalue weighted by atomic mass is 10.0. The number of rotatable bonds is 5. The van der Waals surface area contributed by atoms with E-state index >= 15 is 0 Å². The third-order valence-corrected chi connectivity index (χ3v) is 6.71. The minimum atomic E-state index is -1.04. The van der Waals surface area contributed by atoms with Crippen LogP contribution in [0.1, 0.15) is 57.9 Å². The highest BCUT2D eigenvalue weighted by Gasteiger charge is 2.34. The summed E-state index contributed by atoms with van der Waals surface area (Å²) in [6.45, 7) is 4.22. The molecule has 5 rings (SSSR count). The molecule has 35 heavy (non-hydrogen) atoms. The lowest BCUT2D eigenvalue weighted by Gasteiger charge is -2.10. The highest BCUT2D eigenvalue weighted by Crippen LogP contribution is 2.39. The molecule has 0 aliphatic heterocycles. The molecule has 0 saturated heterocycles. The number of halogens is 1. The highest BCUT2D eigenvalue weighted by atomic mass is 19.1. The first-order chi connectivity index (χ1) is 16.8. The molecule has 0 radical (unpaired) electrons. The Bertz CT molecular complexity index is 1470. The van der Waals surface area contributed by atoms with Crippen molar-refractivity contribution >= 4 is 22.6 Å². The van der Waals surface area contributed by atoms with Crippen molar-refractivity contribution in [1.82, 2.24) is 25.3 Å². The molecule has 9 heteroatoms. The maximum Gasteiger partial charge on any atom is 0.275 e. The SMILES string of the molecule is Cc1ccc(C)c(C(=O)NCc2ccc(-n3nc([C@H]4CCC[C@H]4F)c4c(=O)[nH]nc(N)c43)cc2)c1. The topological polar surface area (TPSA) is 119 Å². The van der Waals surface area contributed by atoms with E-state index < -0.39 is 17.6 Å². The average Bonchev–Trinajstić information content (AvgIpc) is 3.46. The molecule has 1 aliphatic carbocycles. The van der Waals surface area contributed by atoms with Gasteiger partial charge in [0.25, 0.3) is 11.5 Å². The van der Waals surface area contributed by atoms with Crippen molar-refractivity contribution in [1.29, 1.82) is 0 Å². The van der Waals surface area contributed by atoms with Crippen LogP contribution in [0.2, 0.25) is 0 Å². The second-order valence-corrected chi connectivity index (χ2v) is 9.18. The average molecular weight is 475 g/mol. The Kier molecular flexibility index (Phi) is 5.84. The number of nitrogens with zero attached hydrogens (tertiary/aromatic N) is 3. The van der Waals surface area contributed by atoms with Crippen LogP contribution in [0, 0.1) is 13.8 Å². The molecule has 1 saturated carbocycles. The number of anilines is 1. The van der Waals surface area contributed by atoms with Gasteiger partial charge in [0, 0.05) is 18.0 Å². The summed E-state index contributed by atoms with van der Waals surface area (Å²) in [5.41, 5.74) is 10.6. The molecule has 2 atom stereocenters. The van der Waals surface area contributed by atoms with Crippen molar-refractivity contribution < 1.29 is 9.18 Å². The van der Waals surface area contributed by atoms with E-state index in [1.54, 1.807) is 4.68 Å². The standard InChI is InChI=1S/C26H27FN6O2/c1-14-6-7-15(2)19(12-14)25(34)29-13-16-8-10-17(11-9-16)33-23-21(26(35)31-30-24(23)28)22(32-33)18-4-3-5-20(18)27/h6-12,18,20H,3-5,13H2,1-2H3,(H2,28,30)(H,29,34)(H,31,35)/t18-,20+/m0/s1. The fourth-order valence-electron chi connectivity index (χ4n) is 4.80. The van der Waals surface area contributed by atoms with Gasteiger partial charge in [0.1, 0.15) is 11.7 Å². The number of carbonyl (C=O) groups excluding carboxylic acids is 1. The monoisotopic (exact) mass is 474 g/mol. The van der Waals surface area contributed by atoms with E-state index in [1.807, 2.05) is 56.3 Å². The zero-order valence-electron chi connectivity index (χ0n) is 19.6. The van der Waals surface area contributed by atoms with Gasteiger partial charge in [0.2, 0.25) is 0 Å². The molecule has 180 valence electrons. The van der Waals surface area contributed by atoms with Crippen LogP contribution < -0.4 is 16.6 Å². The van der Waals surface area contributed by atoms with Gasteiger partial charge in [-0.15, -0.1) is 0 Å². The molecule has 1 fully saturated rings. The number of aromatic amines is 1. The summed E-state index contributed by atoms with van der Waals surface area (Å²) in [5.74, 6) is -0.453. The number of nitrogens with two attached hydrogens (primary N) is 1. The Hall–Kier alpha value is -4.01. The van der Waals surface area contributed by atoms with Gasteiger partial charge in [-0.05, 0) is 62.4 Å². The number of nitrogens with one attached hydrogen (secondary N) is 2. The fraction of sp³-hybridized carbons (Fsp3) is 0.308. The van der Waals surface area contributed by atoms with Gasteiger partial charge in [-0.25, -0.2) is 14.2 Å². The number of hydrogen-bond donors (Lipinski definition) is 3. The summed E-state index contributed by atoms with van der Waals surface area (Å²) in [4.78, 5) is 25.3. The van der Waals surface area contributed by atoms with Gasteiger partial charge in [-0.3, -0.25) is 9.59 Å². The second-order valence-electron chi connectivity index (χ2n) is 9.18. The summed E-state index contributed by atoms with van der Waals surface area (Å²) in [5, 5.41) is 14.2. The first-order valence-corrected chi connectivity index (χ1v) is 11.7. The molecule has 1 amide bonds. The van der Waals surface area contributed by atoms with Crippen molar-refractivity contribution in [3.8, 4) is 5.69 Å². The molecule has 4 N–H and O–H groups in total. The van der Waals surface area contributed by atoms with E-state index in [2.05, 4.69) is 20.6 Å². The number of aromatic nitrogens is 4. The van der Waals surface area contributed by atoms with Crippen LogP contribution in [-0.4, -0.2) is 32.1 Å². The van der Waals surface area contributed by atoms with Crippen molar-refractivity contribution in [2.45, 2.75) is 51.7 Å². The van der Waals surface area contributed by atoms with Crippen molar-refractivity contribution in [3.05, 3.63) is 80.8 Å². The molecule has 2 aromatic carbocycles. The number of aryl methyl sites for hydroxylation is 2. The molecule has 2 heterocycles. The van der Waals surface area contributed by atoms with Gasteiger partial charge in [-0.2, -0.15) is 10.2 Å². The van der Waals surface area contributed by atoms with E-state index in [9.17, 15) is 14.0 Å². The molecule has 8 nitrogen and oxygen atoms in total. The van der Waals surface area contributed by atoms with Crippen LogP contribution in [0.3, 0.4) is 0 Å². The van der Waals surface area contributed by atoms with E-state index in [0.717, 1.165) is 23.1 Å². The Morgan fingerprint density at radius 3 is 2.69 bits per heavy atom. The molecular formula is C26H27FN6O2. The van der Waals surface area contributed by atoms with E-state index in [-0.39, 0.29) is 17.1 Å². The molecule has 1 aliphatic rings. The predicted molar refractivity (Wildman–Crippen MR) is 132 cm³/mol. The number of carbonyl (C=O) groups is 1. The number of alkyl halides is 1. The Morgan fingerprint density at radius 2 is 1.97 bits per heavy atom. The van der Waals surface area contributed by atoms with E-state index in [0.29, 0.717) is 41.8 Å². The van der Waals surface area contributed by atoms with Gasteiger partial charge >= 0.3 is 0 Å². The normalized spacial score (nSPS) is 17.7. The molecular weight excluding hydrogens is 447 g/mol. The van der Waals surface area contributed by atoms with E-state index in [1.165, 1.54) is 0 Å². The highest BCUT2D eigenvalue weighted by molar-refractivity contribution is 5.95. The third kappa shape index (κ3) is 4.18. The minimum Gasteiger partial charge on any atom is -0.380 e. The molecule has 0 unspecified atom stereocenters. The second kappa shape index (κ2) is 8.98. The number of H-pyrrole nitrogens is 1. The Balaban J connectivity index is 1.43. The summed E-state index contributed by atoms with van der Waals surface area (Å²) < 4.78 is 16.1. The van der Waals surface area contributed by atoms with Crippen LogP contribution in [0.15, 0.2) is 47.3 Å². The van der Waals surface area contributed by atoms with E-state index in [4.69, 9.17) is 5.73 Å². The lowest BCUT2D eigenvalue weighted by molar-refractivity contribution is 0.0950. The molecule has 4 aromatic rings.